The molecule has 1 fully saturated rings. The molecule has 1 saturated heterocycles. The van der Waals surface area contributed by atoms with Crippen LogP contribution in [-0.4, -0.2) is 46.6 Å². The Balaban J connectivity index is 2.86. The van der Waals surface area contributed by atoms with E-state index >= 15 is 0 Å². The summed E-state index contributed by atoms with van der Waals surface area (Å²) < 4.78 is 43.0. The van der Waals surface area contributed by atoms with E-state index in [4.69, 9.17) is 4.74 Å². The summed E-state index contributed by atoms with van der Waals surface area (Å²) in [4.78, 5) is 13.6. The number of nitrogens with zero attached hydrogens (tertiary/aromatic N) is 1. The first-order chi connectivity index (χ1) is 9.71. The number of piperidine rings is 1. The Morgan fingerprint density at radius 1 is 1.36 bits per heavy atom. The van der Waals surface area contributed by atoms with Crippen LogP contribution in [0.25, 0.3) is 0 Å². The van der Waals surface area contributed by atoms with Gasteiger partial charge in [-0.3, -0.25) is 0 Å². The van der Waals surface area contributed by atoms with Gasteiger partial charge in [0.05, 0.1) is 0 Å². The topological polar surface area (TPSA) is 49.8 Å². The summed E-state index contributed by atoms with van der Waals surface area (Å²) in [7, 11) is 0. The lowest BCUT2D eigenvalue weighted by Gasteiger charge is -2.44. The minimum atomic E-state index is -4.67. The Labute approximate surface area is 129 Å². The van der Waals surface area contributed by atoms with Crippen LogP contribution >= 0.6 is 0 Å². The van der Waals surface area contributed by atoms with Gasteiger partial charge in [0.2, 0.25) is 0 Å². The molecule has 1 aliphatic rings. The first-order valence-corrected chi connectivity index (χ1v) is 7.46. The van der Waals surface area contributed by atoms with Crippen LogP contribution in [0.1, 0.15) is 53.9 Å². The minimum Gasteiger partial charge on any atom is -0.444 e. The zero-order valence-electron chi connectivity index (χ0n) is 13.8. The van der Waals surface area contributed by atoms with Gasteiger partial charge >= 0.3 is 12.3 Å². The summed E-state index contributed by atoms with van der Waals surface area (Å²) in [5, 5.41) is 9.30. The van der Waals surface area contributed by atoms with E-state index in [1.807, 2.05) is 13.8 Å². The van der Waals surface area contributed by atoms with Gasteiger partial charge in [0.25, 0.3) is 0 Å². The fourth-order valence-electron chi connectivity index (χ4n) is 2.55. The van der Waals surface area contributed by atoms with Crippen molar-refractivity contribution in [2.45, 2.75) is 77.8 Å². The number of hydrogen-bond donors (Lipinski definition) is 1. The molecule has 1 N–H and O–H groups in total. The molecule has 0 spiro atoms. The first-order valence-electron chi connectivity index (χ1n) is 7.46. The van der Waals surface area contributed by atoms with Crippen molar-refractivity contribution in [3.63, 3.8) is 0 Å². The number of carbonyl (C=O) groups is 1. The van der Waals surface area contributed by atoms with Gasteiger partial charge in [-0.15, -0.1) is 0 Å². The van der Waals surface area contributed by atoms with Crippen LogP contribution in [-0.2, 0) is 4.74 Å². The molecule has 1 aliphatic heterocycles. The van der Waals surface area contributed by atoms with Gasteiger partial charge in [-0.25, -0.2) is 4.79 Å². The Morgan fingerprint density at radius 2 is 1.91 bits per heavy atom. The lowest BCUT2D eigenvalue weighted by molar-refractivity contribution is -0.209. The van der Waals surface area contributed by atoms with Crippen LogP contribution in [0.15, 0.2) is 0 Å². The summed E-state index contributed by atoms with van der Waals surface area (Å²) in [5.41, 5.74) is -0.900. The highest BCUT2D eigenvalue weighted by atomic mass is 19.4. The molecule has 1 amide bonds. The summed E-state index contributed by atoms with van der Waals surface area (Å²) in [6.07, 6.45) is -7.13. The molecule has 7 heteroatoms. The molecule has 0 aromatic heterocycles. The van der Waals surface area contributed by atoms with Gasteiger partial charge in [-0.1, -0.05) is 13.8 Å². The van der Waals surface area contributed by atoms with Crippen molar-refractivity contribution >= 4 is 6.09 Å². The van der Waals surface area contributed by atoms with E-state index in [-0.39, 0.29) is 5.41 Å². The summed E-state index contributed by atoms with van der Waals surface area (Å²) >= 11 is 0. The quantitative estimate of drug-likeness (QED) is 0.842. The van der Waals surface area contributed by atoms with Crippen molar-refractivity contribution in [2.24, 2.45) is 5.41 Å². The van der Waals surface area contributed by atoms with Gasteiger partial charge < -0.3 is 14.7 Å². The van der Waals surface area contributed by atoms with Crippen LogP contribution in [0.3, 0.4) is 0 Å². The Morgan fingerprint density at radius 3 is 2.36 bits per heavy atom. The normalized spacial score (nSPS) is 24.0. The number of aliphatic hydroxyl groups excluding tert-OH is 1. The summed E-state index contributed by atoms with van der Waals surface area (Å²) in [5.74, 6) is 0. The fraction of sp³-hybridized carbons (Fsp3) is 0.933. The van der Waals surface area contributed by atoms with E-state index < -0.39 is 36.4 Å². The van der Waals surface area contributed by atoms with Crippen LogP contribution in [0.4, 0.5) is 18.0 Å². The van der Waals surface area contributed by atoms with Gasteiger partial charge in [0.1, 0.15) is 5.60 Å². The third-order valence-corrected chi connectivity index (χ3v) is 3.69. The van der Waals surface area contributed by atoms with Gasteiger partial charge in [0.15, 0.2) is 6.10 Å². The highest BCUT2D eigenvalue weighted by molar-refractivity contribution is 5.68. The van der Waals surface area contributed by atoms with E-state index in [0.29, 0.717) is 19.4 Å². The molecule has 2 unspecified atom stereocenters. The molecule has 2 atom stereocenters. The average molecular weight is 325 g/mol. The third-order valence-electron chi connectivity index (χ3n) is 3.69. The van der Waals surface area contributed by atoms with E-state index in [1.54, 1.807) is 20.8 Å². The average Bonchev–Trinajstić information content (AvgIpc) is 2.27. The Hall–Kier alpha value is -0.980. The molecule has 130 valence electrons. The number of ether oxygens (including phenoxy) is 1. The largest absolute Gasteiger partial charge is 0.444 e. The number of likely N-dealkylation sites (tertiary alicyclic amines) is 1. The molecular weight excluding hydrogens is 299 g/mol. The predicted octanol–water partition coefficient (Wildman–Crippen LogP) is 3.73. The van der Waals surface area contributed by atoms with E-state index in [2.05, 4.69) is 0 Å². The highest BCUT2D eigenvalue weighted by Crippen LogP contribution is 2.36. The first kappa shape index (κ1) is 19.1. The molecule has 0 aromatic rings. The van der Waals surface area contributed by atoms with Crippen LogP contribution < -0.4 is 0 Å². The zero-order valence-corrected chi connectivity index (χ0v) is 13.8. The highest BCUT2D eigenvalue weighted by Gasteiger charge is 2.44. The molecule has 4 nitrogen and oxygen atoms in total. The second-order valence-corrected chi connectivity index (χ2v) is 7.76. The van der Waals surface area contributed by atoms with E-state index in [0.717, 1.165) is 0 Å². The monoisotopic (exact) mass is 325 g/mol. The van der Waals surface area contributed by atoms with Gasteiger partial charge in [0, 0.05) is 19.0 Å². The molecule has 0 radical (unpaired) electrons. The lowest BCUT2D eigenvalue weighted by Crippen LogP contribution is -2.53. The molecule has 1 rings (SSSR count). The number of carbonyl (C=O) groups excluding carboxylic acids is 1. The number of rotatable bonds is 2. The Kier molecular flexibility index (Phi) is 5.42. The molecule has 0 saturated carbocycles. The maximum atomic E-state index is 12.6. The molecular formula is C15H26F3NO3. The number of alkyl halides is 3. The fourth-order valence-corrected chi connectivity index (χ4v) is 2.55. The molecule has 0 aliphatic carbocycles. The maximum absolute atomic E-state index is 12.6. The maximum Gasteiger partial charge on any atom is 0.414 e. The van der Waals surface area contributed by atoms with Crippen molar-refractivity contribution in [3.05, 3.63) is 0 Å². The number of aliphatic hydroxyl groups is 1. The zero-order chi connectivity index (χ0) is 17.3. The van der Waals surface area contributed by atoms with E-state index in [9.17, 15) is 23.1 Å². The molecule has 1 heterocycles. The SMILES string of the molecule is CC1(C)CCC(CC(O)C(F)(F)F)N(C(=O)OC(C)(C)C)C1. The van der Waals surface area contributed by atoms with Crippen LogP contribution in [0.2, 0.25) is 0 Å². The van der Waals surface area contributed by atoms with Crippen molar-refractivity contribution in [3.8, 4) is 0 Å². The Bertz CT molecular complexity index is 402. The molecule has 22 heavy (non-hydrogen) atoms. The van der Waals surface area contributed by atoms with Crippen molar-refractivity contribution in [1.29, 1.82) is 0 Å². The smallest absolute Gasteiger partial charge is 0.414 e. The number of amides is 1. The van der Waals surface area contributed by atoms with E-state index in [1.165, 1.54) is 4.90 Å². The predicted molar refractivity (Wildman–Crippen MR) is 76.4 cm³/mol. The van der Waals surface area contributed by atoms with Crippen LogP contribution in [0, 0.1) is 5.41 Å². The number of hydrogen-bond acceptors (Lipinski definition) is 3. The standard InChI is InChI=1S/C15H26F3NO3/c1-13(2,3)22-12(21)19-9-14(4,5)7-6-10(19)8-11(20)15(16,17)18/h10-11,20H,6-9H2,1-5H3. The summed E-state index contributed by atoms with van der Waals surface area (Å²) in [6.45, 7) is 9.36. The minimum absolute atomic E-state index is 0.184. The van der Waals surface area contributed by atoms with Crippen LogP contribution in [0.5, 0.6) is 0 Å². The second-order valence-electron chi connectivity index (χ2n) is 7.76. The molecule has 0 aromatic carbocycles. The second kappa shape index (κ2) is 6.26. The summed E-state index contributed by atoms with van der Waals surface area (Å²) in [6, 6.07) is -0.667. The van der Waals surface area contributed by atoms with Crippen molar-refractivity contribution in [1.82, 2.24) is 4.90 Å². The number of halogens is 3. The van der Waals surface area contributed by atoms with Crippen molar-refractivity contribution < 1.29 is 27.8 Å². The van der Waals surface area contributed by atoms with Crippen molar-refractivity contribution in [2.75, 3.05) is 6.54 Å². The van der Waals surface area contributed by atoms with Gasteiger partial charge in [-0.2, -0.15) is 13.2 Å². The molecule has 0 bridgehead atoms. The third kappa shape index (κ3) is 5.66. The van der Waals surface area contributed by atoms with Gasteiger partial charge in [-0.05, 0) is 39.0 Å². The lowest BCUT2D eigenvalue weighted by atomic mass is 9.80.